The van der Waals surface area contributed by atoms with Crippen molar-refractivity contribution in [3.8, 4) is 5.75 Å². The van der Waals surface area contributed by atoms with Crippen LogP contribution in [-0.2, 0) is 19.8 Å². The minimum absolute atomic E-state index is 0.179. The van der Waals surface area contributed by atoms with Crippen LogP contribution in [0.4, 0.5) is 18.0 Å². The number of hydrogen-bond acceptors (Lipinski definition) is 2. The number of urea groups is 1. The van der Waals surface area contributed by atoms with Crippen molar-refractivity contribution < 1.29 is 22.7 Å². The molecule has 2 amide bonds. The second-order valence-electron chi connectivity index (χ2n) is 7.48. The van der Waals surface area contributed by atoms with Crippen molar-refractivity contribution in [3.63, 3.8) is 0 Å². The van der Waals surface area contributed by atoms with Gasteiger partial charge in [0, 0.05) is 38.3 Å². The summed E-state index contributed by atoms with van der Waals surface area (Å²) in [6.07, 6.45) is -1.99. The van der Waals surface area contributed by atoms with E-state index in [0.717, 1.165) is 28.6 Å². The molecule has 1 aliphatic heterocycles. The van der Waals surface area contributed by atoms with E-state index in [1.165, 1.54) is 12.1 Å². The summed E-state index contributed by atoms with van der Waals surface area (Å²) in [5.41, 5.74) is 1.43. The summed E-state index contributed by atoms with van der Waals surface area (Å²) >= 11 is 0. The van der Waals surface area contributed by atoms with Crippen LogP contribution in [0.5, 0.6) is 5.75 Å². The number of fused-ring (bicyclic) bond motifs is 1. The van der Waals surface area contributed by atoms with Crippen LogP contribution in [0.1, 0.15) is 17.5 Å². The number of aromatic nitrogens is 1. The van der Waals surface area contributed by atoms with Crippen molar-refractivity contribution in [1.29, 1.82) is 0 Å². The van der Waals surface area contributed by atoms with Gasteiger partial charge in [0.2, 0.25) is 0 Å². The molecule has 2 heterocycles. The number of likely N-dealkylation sites (tertiary alicyclic amines) is 1. The topological polar surface area (TPSA) is 46.5 Å². The van der Waals surface area contributed by atoms with E-state index in [1.54, 1.807) is 4.90 Å². The lowest BCUT2D eigenvalue weighted by molar-refractivity contribution is -0.137. The van der Waals surface area contributed by atoms with Crippen molar-refractivity contribution in [2.24, 2.45) is 7.05 Å². The lowest BCUT2D eigenvalue weighted by Gasteiger charge is -2.18. The first-order chi connectivity index (χ1) is 14.3. The van der Waals surface area contributed by atoms with Crippen molar-refractivity contribution in [2.45, 2.75) is 25.2 Å². The molecule has 2 aromatic carbocycles. The van der Waals surface area contributed by atoms with Crippen LogP contribution >= 0.6 is 0 Å². The Morgan fingerprint density at radius 3 is 2.67 bits per heavy atom. The summed E-state index contributed by atoms with van der Waals surface area (Å²) in [7, 11) is 1.99. The number of benzene rings is 2. The molecular weight excluding hydrogens is 395 g/mol. The van der Waals surface area contributed by atoms with E-state index in [1.807, 2.05) is 36.0 Å². The van der Waals surface area contributed by atoms with Gasteiger partial charge in [-0.1, -0.05) is 6.07 Å². The standard InChI is InChI=1S/C22H22F3N3O2/c1-27-10-8-16-12-15(2-7-20(16)27)13-26-21(29)28-11-9-19(14-28)30-18-5-3-17(4-6-18)22(23,24)25/h2-8,10,12,19H,9,11,13-14H2,1H3,(H,26,29)/t19-/m0/s1. The predicted octanol–water partition coefficient (Wildman–Crippen LogP) is 4.56. The van der Waals surface area contributed by atoms with Crippen LogP contribution in [0.2, 0.25) is 0 Å². The zero-order valence-electron chi connectivity index (χ0n) is 16.4. The average molecular weight is 417 g/mol. The quantitative estimate of drug-likeness (QED) is 0.677. The highest BCUT2D eigenvalue weighted by Gasteiger charge is 2.31. The molecule has 1 aromatic heterocycles. The van der Waals surface area contributed by atoms with Crippen LogP contribution in [0.25, 0.3) is 10.9 Å². The smallest absolute Gasteiger partial charge is 0.416 e. The summed E-state index contributed by atoms with van der Waals surface area (Å²) in [5, 5.41) is 4.04. The SMILES string of the molecule is Cn1ccc2cc(CNC(=O)N3CC[C@H](Oc4ccc(C(F)(F)F)cc4)C3)ccc21. The highest BCUT2D eigenvalue weighted by atomic mass is 19.4. The molecule has 1 fully saturated rings. The number of aryl methyl sites for hydroxylation is 1. The molecule has 1 saturated heterocycles. The van der Waals surface area contributed by atoms with Gasteiger partial charge < -0.3 is 19.5 Å². The molecule has 4 rings (SSSR count). The summed E-state index contributed by atoms with van der Waals surface area (Å²) < 4.78 is 45.7. The molecule has 0 saturated carbocycles. The van der Waals surface area contributed by atoms with Gasteiger partial charge in [-0.15, -0.1) is 0 Å². The highest BCUT2D eigenvalue weighted by Crippen LogP contribution is 2.30. The van der Waals surface area contributed by atoms with Crippen LogP contribution in [0, 0.1) is 0 Å². The average Bonchev–Trinajstić information content (AvgIpc) is 3.33. The molecule has 158 valence electrons. The number of rotatable bonds is 4. The van der Waals surface area contributed by atoms with Gasteiger partial charge in [0.15, 0.2) is 0 Å². The number of amides is 2. The van der Waals surface area contributed by atoms with E-state index in [-0.39, 0.29) is 12.1 Å². The Bertz CT molecular complexity index is 1040. The van der Waals surface area contributed by atoms with Crippen LogP contribution in [-0.4, -0.2) is 34.7 Å². The van der Waals surface area contributed by atoms with Gasteiger partial charge >= 0.3 is 12.2 Å². The maximum atomic E-state index is 12.6. The van der Waals surface area contributed by atoms with E-state index in [4.69, 9.17) is 4.74 Å². The second-order valence-corrected chi connectivity index (χ2v) is 7.48. The molecule has 0 spiro atoms. The Kier molecular flexibility index (Phi) is 5.32. The lowest BCUT2D eigenvalue weighted by Crippen LogP contribution is -2.39. The largest absolute Gasteiger partial charge is 0.489 e. The molecule has 3 aromatic rings. The van der Waals surface area contributed by atoms with Crippen LogP contribution in [0.15, 0.2) is 54.7 Å². The van der Waals surface area contributed by atoms with Crippen LogP contribution < -0.4 is 10.1 Å². The van der Waals surface area contributed by atoms with Crippen molar-refractivity contribution >= 4 is 16.9 Å². The highest BCUT2D eigenvalue weighted by molar-refractivity contribution is 5.81. The molecule has 1 N–H and O–H groups in total. The zero-order chi connectivity index (χ0) is 21.3. The Hall–Kier alpha value is -3.16. The van der Waals surface area contributed by atoms with E-state index in [9.17, 15) is 18.0 Å². The monoisotopic (exact) mass is 417 g/mol. The fourth-order valence-electron chi connectivity index (χ4n) is 3.65. The molecule has 8 heteroatoms. The maximum absolute atomic E-state index is 12.6. The van der Waals surface area contributed by atoms with Gasteiger partial charge in [-0.2, -0.15) is 13.2 Å². The number of nitrogens with zero attached hydrogens (tertiary/aromatic N) is 2. The third-order valence-electron chi connectivity index (χ3n) is 5.31. The van der Waals surface area contributed by atoms with Gasteiger partial charge in [-0.3, -0.25) is 0 Å². The molecule has 0 aliphatic carbocycles. The van der Waals surface area contributed by atoms with Gasteiger partial charge in [-0.25, -0.2) is 4.79 Å². The van der Waals surface area contributed by atoms with Crippen LogP contribution in [0.3, 0.4) is 0 Å². The normalized spacial score (nSPS) is 16.8. The molecule has 5 nitrogen and oxygen atoms in total. The van der Waals surface area contributed by atoms with Crippen molar-refractivity contribution in [1.82, 2.24) is 14.8 Å². The number of carbonyl (C=O) groups is 1. The third-order valence-corrected chi connectivity index (χ3v) is 5.31. The molecule has 0 bridgehead atoms. The first-order valence-electron chi connectivity index (χ1n) is 9.70. The number of carbonyl (C=O) groups excluding carboxylic acids is 1. The second kappa shape index (κ2) is 7.93. The van der Waals surface area contributed by atoms with E-state index in [2.05, 4.69) is 11.4 Å². The number of ether oxygens (including phenoxy) is 1. The minimum Gasteiger partial charge on any atom is -0.489 e. The molecule has 1 aliphatic rings. The van der Waals surface area contributed by atoms with Crippen molar-refractivity contribution in [3.05, 3.63) is 65.9 Å². The molecule has 0 unspecified atom stereocenters. The Labute approximate surface area is 172 Å². The molecule has 0 radical (unpaired) electrons. The van der Waals surface area contributed by atoms with E-state index < -0.39 is 11.7 Å². The summed E-state index contributed by atoms with van der Waals surface area (Å²) in [6, 6.07) is 12.5. The summed E-state index contributed by atoms with van der Waals surface area (Å²) in [4.78, 5) is 14.1. The van der Waals surface area contributed by atoms with Gasteiger partial charge in [0.1, 0.15) is 11.9 Å². The third kappa shape index (κ3) is 4.37. The summed E-state index contributed by atoms with van der Waals surface area (Å²) in [6.45, 7) is 1.35. The number of hydrogen-bond donors (Lipinski definition) is 1. The van der Waals surface area contributed by atoms with Gasteiger partial charge in [0.25, 0.3) is 0 Å². The zero-order valence-corrected chi connectivity index (χ0v) is 16.4. The Balaban J connectivity index is 1.28. The Morgan fingerprint density at radius 2 is 1.93 bits per heavy atom. The van der Waals surface area contributed by atoms with Crippen molar-refractivity contribution in [2.75, 3.05) is 13.1 Å². The lowest BCUT2D eigenvalue weighted by atomic mass is 10.1. The number of alkyl halides is 3. The van der Waals surface area contributed by atoms with Gasteiger partial charge in [0.05, 0.1) is 12.1 Å². The predicted molar refractivity (Wildman–Crippen MR) is 107 cm³/mol. The fraction of sp³-hybridized carbons (Fsp3) is 0.318. The van der Waals surface area contributed by atoms with Gasteiger partial charge in [-0.05, 0) is 53.4 Å². The maximum Gasteiger partial charge on any atom is 0.416 e. The molecule has 1 atom stereocenters. The Morgan fingerprint density at radius 1 is 1.17 bits per heavy atom. The van der Waals surface area contributed by atoms with E-state index in [0.29, 0.717) is 31.8 Å². The van der Waals surface area contributed by atoms with E-state index >= 15 is 0 Å². The fourth-order valence-corrected chi connectivity index (χ4v) is 3.65. The number of nitrogens with one attached hydrogen (secondary N) is 1. The number of halogens is 3. The molecular formula is C22H22F3N3O2. The molecule has 30 heavy (non-hydrogen) atoms. The summed E-state index contributed by atoms with van der Waals surface area (Å²) in [5.74, 6) is 0.367. The first kappa shape index (κ1) is 20.1. The first-order valence-corrected chi connectivity index (χ1v) is 9.70. The minimum atomic E-state index is -4.37.